The Hall–Kier alpha value is -2.74. The first-order valence-corrected chi connectivity index (χ1v) is 10.3. The predicted molar refractivity (Wildman–Crippen MR) is 118 cm³/mol. The summed E-state index contributed by atoms with van der Waals surface area (Å²) in [5.41, 5.74) is 6.01. The first-order valence-electron chi connectivity index (χ1n) is 9.58. The van der Waals surface area contributed by atoms with E-state index in [0.29, 0.717) is 35.1 Å². The first kappa shape index (κ1) is 21.5. The standard InChI is InChI=1S/C22H19Cl2FN4O2/c1-12-6-7-14(18(24)8-12)10-15-11-30-29-21(26-15)16-9-13(2)27-28-22(16)31-19-5-3-4-17(23)20(19)25/h3-9,15H,10-11H2,1-2H3,(H,26,29)/t15-/m0/s1. The van der Waals surface area contributed by atoms with Crippen molar-refractivity contribution in [2.45, 2.75) is 26.3 Å². The highest BCUT2D eigenvalue weighted by molar-refractivity contribution is 6.31. The number of nitrogens with zero attached hydrogens (tertiary/aromatic N) is 3. The number of benzene rings is 2. The molecule has 2 heterocycles. The quantitative estimate of drug-likeness (QED) is 0.564. The van der Waals surface area contributed by atoms with E-state index in [9.17, 15) is 4.39 Å². The van der Waals surface area contributed by atoms with Crippen molar-refractivity contribution in [3.8, 4) is 11.6 Å². The fourth-order valence-corrected chi connectivity index (χ4v) is 3.62. The Kier molecular flexibility index (Phi) is 6.36. The molecule has 3 aromatic rings. The molecule has 1 N–H and O–H groups in total. The molecule has 9 heteroatoms. The first-order chi connectivity index (χ1) is 14.9. The second-order valence-corrected chi connectivity index (χ2v) is 8.02. The molecule has 0 spiro atoms. The number of aromatic nitrogens is 2. The number of amidine groups is 1. The van der Waals surface area contributed by atoms with E-state index < -0.39 is 5.82 Å². The van der Waals surface area contributed by atoms with Crippen LogP contribution >= 0.6 is 23.2 Å². The van der Waals surface area contributed by atoms with E-state index in [2.05, 4.69) is 15.7 Å². The van der Waals surface area contributed by atoms with Crippen LogP contribution in [0.15, 0.2) is 47.5 Å². The van der Waals surface area contributed by atoms with Crippen molar-refractivity contribution in [1.82, 2.24) is 15.7 Å². The van der Waals surface area contributed by atoms with Gasteiger partial charge in [0.15, 0.2) is 17.4 Å². The summed E-state index contributed by atoms with van der Waals surface area (Å²) in [4.78, 5) is 10.3. The lowest BCUT2D eigenvalue weighted by Crippen LogP contribution is -2.37. The monoisotopic (exact) mass is 460 g/mol. The van der Waals surface area contributed by atoms with Crippen LogP contribution in [0.25, 0.3) is 0 Å². The SMILES string of the molecule is Cc1ccc(C[C@H]2CONC(c3cc(C)nnc3Oc3cccc(Cl)c3F)=N2)c(Cl)c1. The zero-order chi connectivity index (χ0) is 22.0. The molecule has 1 aliphatic heterocycles. The largest absolute Gasteiger partial charge is 0.434 e. The molecule has 0 saturated heterocycles. The minimum Gasteiger partial charge on any atom is -0.434 e. The number of rotatable bonds is 5. The minimum absolute atomic E-state index is 0.0503. The van der Waals surface area contributed by atoms with Gasteiger partial charge in [-0.15, -0.1) is 5.10 Å². The van der Waals surface area contributed by atoms with Crippen molar-refractivity contribution in [3.05, 3.63) is 80.7 Å². The van der Waals surface area contributed by atoms with Crippen LogP contribution in [0.2, 0.25) is 10.0 Å². The van der Waals surface area contributed by atoms with Crippen molar-refractivity contribution in [2.24, 2.45) is 4.99 Å². The molecule has 1 atom stereocenters. The summed E-state index contributed by atoms with van der Waals surface area (Å²) >= 11 is 12.2. The Morgan fingerprint density at radius 1 is 1.13 bits per heavy atom. The van der Waals surface area contributed by atoms with Crippen LogP contribution in [0.1, 0.15) is 22.4 Å². The van der Waals surface area contributed by atoms with E-state index in [1.54, 1.807) is 19.1 Å². The van der Waals surface area contributed by atoms with Gasteiger partial charge in [-0.25, -0.2) is 9.87 Å². The highest BCUT2D eigenvalue weighted by Crippen LogP contribution is 2.30. The summed E-state index contributed by atoms with van der Waals surface area (Å²) in [5.74, 6) is -0.253. The number of hydrogen-bond donors (Lipinski definition) is 1. The molecule has 4 rings (SSSR count). The van der Waals surface area contributed by atoms with Gasteiger partial charge >= 0.3 is 0 Å². The number of halogens is 3. The van der Waals surface area contributed by atoms with Gasteiger partial charge < -0.3 is 4.74 Å². The Bertz CT molecular complexity index is 1160. The van der Waals surface area contributed by atoms with Crippen LogP contribution in [0.3, 0.4) is 0 Å². The summed E-state index contributed by atoms with van der Waals surface area (Å²) < 4.78 is 20.0. The fourth-order valence-electron chi connectivity index (χ4n) is 3.14. The van der Waals surface area contributed by atoms with Crippen LogP contribution in [0, 0.1) is 19.7 Å². The number of hydrogen-bond acceptors (Lipinski definition) is 6. The molecule has 1 aliphatic rings. The van der Waals surface area contributed by atoms with Gasteiger partial charge in [-0.3, -0.25) is 9.83 Å². The molecule has 160 valence electrons. The van der Waals surface area contributed by atoms with Gasteiger partial charge in [0, 0.05) is 5.02 Å². The maximum Gasteiger partial charge on any atom is 0.250 e. The normalized spacial score (nSPS) is 15.9. The summed E-state index contributed by atoms with van der Waals surface area (Å²) in [5, 5.41) is 8.73. The number of ether oxygens (including phenoxy) is 1. The smallest absolute Gasteiger partial charge is 0.250 e. The molecule has 0 saturated carbocycles. The van der Waals surface area contributed by atoms with Gasteiger partial charge in [0.2, 0.25) is 5.88 Å². The van der Waals surface area contributed by atoms with Gasteiger partial charge in [0.05, 0.1) is 28.9 Å². The summed E-state index contributed by atoms with van der Waals surface area (Å²) in [6.07, 6.45) is 0.598. The lowest BCUT2D eigenvalue weighted by atomic mass is 10.0. The van der Waals surface area contributed by atoms with Crippen LogP contribution in [0.5, 0.6) is 11.6 Å². The summed E-state index contributed by atoms with van der Waals surface area (Å²) in [7, 11) is 0. The molecular formula is C22H19Cl2FN4O2. The lowest BCUT2D eigenvalue weighted by Gasteiger charge is -2.23. The number of aliphatic imine (C=N–C) groups is 1. The van der Waals surface area contributed by atoms with Crippen molar-refractivity contribution >= 4 is 29.0 Å². The zero-order valence-electron chi connectivity index (χ0n) is 16.8. The maximum atomic E-state index is 14.3. The molecule has 6 nitrogen and oxygen atoms in total. The van der Waals surface area contributed by atoms with E-state index in [4.69, 9.17) is 37.8 Å². The molecule has 0 unspecified atom stereocenters. The van der Waals surface area contributed by atoms with E-state index in [1.165, 1.54) is 12.1 Å². The topological polar surface area (TPSA) is 68.6 Å². The van der Waals surface area contributed by atoms with Gasteiger partial charge in [-0.2, -0.15) is 5.10 Å². The average Bonchev–Trinajstić information content (AvgIpc) is 2.75. The lowest BCUT2D eigenvalue weighted by molar-refractivity contribution is 0.0623. The summed E-state index contributed by atoms with van der Waals surface area (Å²) in [6.45, 7) is 4.14. The highest BCUT2D eigenvalue weighted by Gasteiger charge is 2.23. The van der Waals surface area contributed by atoms with E-state index >= 15 is 0 Å². The van der Waals surface area contributed by atoms with Gasteiger partial charge in [0.25, 0.3) is 0 Å². The van der Waals surface area contributed by atoms with E-state index in [0.717, 1.165) is 11.1 Å². The predicted octanol–water partition coefficient (Wildman–Crippen LogP) is 5.22. The minimum atomic E-state index is -0.681. The summed E-state index contributed by atoms with van der Waals surface area (Å²) in [6, 6.07) is 12.0. The van der Waals surface area contributed by atoms with Gasteiger partial charge in [0.1, 0.15) is 0 Å². The van der Waals surface area contributed by atoms with Gasteiger partial charge in [-0.1, -0.05) is 41.4 Å². The molecule has 2 aromatic carbocycles. The third kappa shape index (κ3) is 4.95. The van der Waals surface area contributed by atoms with E-state index in [1.807, 2.05) is 25.1 Å². The average molecular weight is 461 g/mol. The number of aryl methyl sites for hydroxylation is 2. The van der Waals surface area contributed by atoms with E-state index in [-0.39, 0.29) is 22.7 Å². The molecule has 0 bridgehead atoms. The Balaban J connectivity index is 1.64. The zero-order valence-corrected chi connectivity index (χ0v) is 18.3. The molecule has 0 amide bonds. The number of hydroxylamine groups is 1. The molecule has 0 aliphatic carbocycles. The second kappa shape index (κ2) is 9.18. The van der Waals surface area contributed by atoms with Crippen LogP contribution in [0.4, 0.5) is 4.39 Å². The second-order valence-electron chi connectivity index (χ2n) is 7.20. The molecule has 1 aromatic heterocycles. The van der Waals surface area contributed by atoms with Crippen molar-refractivity contribution in [3.63, 3.8) is 0 Å². The molecule has 0 radical (unpaired) electrons. The van der Waals surface area contributed by atoms with Crippen LogP contribution in [-0.2, 0) is 11.3 Å². The number of nitrogens with one attached hydrogen (secondary N) is 1. The third-order valence-corrected chi connectivity index (χ3v) is 5.32. The van der Waals surface area contributed by atoms with Crippen LogP contribution < -0.4 is 10.2 Å². The fraction of sp³-hybridized carbons (Fsp3) is 0.227. The van der Waals surface area contributed by atoms with Crippen molar-refractivity contribution in [2.75, 3.05) is 6.61 Å². The van der Waals surface area contributed by atoms with Crippen molar-refractivity contribution < 1.29 is 14.0 Å². The Morgan fingerprint density at radius 3 is 2.77 bits per heavy atom. The Morgan fingerprint density at radius 2 is 1.97 bits per heavy atom. The van der Waals surface area contributed by atoms with Crippen LogP contribution in [-0.4, -0.2) is 28.7 Å². The third-order valence-electron chi connectivity index (χ3n) is 4.68. The highest BCUT2D eigenvalue weighted by atomic mass is 35.5. The molecular weight excluding hydrogens is 442 g/mol. The maximum absolute atomic E-state index is 14.3. The molecule has 0 fully saturated rings. The molecule has 31 heavy (non-hydrogen) atoms. The van der Waals surface area contributed by atoms with Gasteiger partial charge in [-0.05, 0) is 55.7 Å². The van der Waals surface area contributed by atoms with Crippen molar-refractivity contribution in [1.29, 1.82) is 0 Å². The Labute approximate surface area is 189 Å².